The lowest BCUT2D eigenvalue weighted by atomic mass is 10.2. The van der Waals surface area contributed by atoms with Crippen LogP contribution in [-0.4, -0.2) is 49.4 Å². The number of anilines is 1. The first kappa shape index (κ1) is 20.7. The summed E-state index contributed by atoms with van der Waals surface area (Å²) in [5.74, 6) is -1.00. The first-order valence-electron chi connectivity index (χ1n) is 9.01. The highest BCUT2D eigenvalue weighted by atomic mass is 32.2. The zero-order valence-electron chi connectivity index (χ0n) is 15.8. The van der Waals surface area contributed by atoms with Crippen LogP contribution in [0, 0.1) is 0 Å². The maximum absolute atomic E-state index is 12.7. The lowest BCUT2D eigenvalue weighted by molar-refractivity contribution is -0.116. The SMILES string of the molecule is COC(=O)c1ccc(NC(=O)Cn2cccc(S(=O)(=O)N3CCCC3)c2=O)cc1. The average Bonchev–Trinajstić information content (AvgIpc) is 3.25. The van der Waals surface area contributed by atoms with Crippen LogP contribution in [0.5, 0.6) is 0 Å². The molecule has 0 atom stereocenters. The summed E-state index contributed by atoms with van der Waals surface area (Å²) in [5, 5.41) is 2.60. The molecule has 3 rings (SSSR count). The molecule has 10 heteroatoms. The van der Waals surface area contributed by atoms with Crippen LogP contribution in [0.1, 0.15) is 23.2 Å². The number of hydrogen-bond acceptors (Lipinski definition) is 6. The molecule has 1 aliphatic rings. The first-order valence-corrected chi connectivity index (χ1v) is 10.4. The third-order valence-corrected chi connectivity index (χ3v) is 6.48. The molecule has 154 valence electrons. The summed E-state index contributed by atoms with van der Waals surface area (Å²) in [6.45, 7) is 0.429. The number of pyridine rings is 1. The number of ether oxygens (including phenoxy) is 1. The molecule has 1 aromatic heterocycles. The number of carbonyl (C=O) groups excluding carboxylic acids is 2. The van der Waals surface area contributed by atoms with Gasteiger partial charge in [0.05, 0.1) is 12.7 Å². The van der Waals surface area contributed by atoms with Crippen molar-refractivity contribution >= 4 is 27.6 Å². The van der Waals surface area contributed by atoms with E-state index in [4.69, 9.17) is 0 Å². The number of aromatic nitrogens is 1. The molecule has 0 unspecified atom stereocenters. The van der Waals surface area contributed by atoms with E-state index >= 15 is 0 Å². The van der Waals surface area contributed by atoms with E-state index in [1.54, 1.807) is 0 Å². The van der Waals surface area contributed by atoms with Gasteiger partial charge in [-0.15, -0.1) is 0 Å². The Hall–Kier alpha value is -2.98. The molecule has 0 bridgehead atoms. The fourth-order valence-corrected chi connectivity index (χ4v) is 4.67. The summed E-state index contributed by atoms with van der Waals surface area (Å²) in [4.78, 5) is 36.0. The molecule has 0 radical (unpaired) electrons. The Morgan fingerprint density at radius 1 is 1.10 bits per heavy atom. The van der Waals surface area contributed by atoms with E-state index in [2.05, 4.69) is 10.1 Å². The standard InChI is InChI=1S/C19H21N3O6S/c1-28-19(25)14-6-8-15(9-7-14)20-17(23)13-21-10-4-5-16(18(21)24)29(26,27)22-11-2-3-12-22/h4-10H,2-3,11-13H2,1H3,(H,20,23). The zero-order chi connectivity index (χ0) is 21.0. The topological polar surface area (TPSA) is 115 Å². The number of hydrogen-bond donors (Lipinski definition) is 1. The molecule has 0 saturated carbocycles. The molecule has 2 aromatic rings. The molecular weight excluding hydrogens is 398 g/mol. The van der Waals surface area contributed by atoms with Crippen LogP contribution in [0.3, 0.4) is 0 Å². The lowest BCUT2D eigenvalue weighted by Crippen LogP contribution is -2.36. The van der Waals surface area contributed by atoms with Gasteiger partial charge < -0.3 is 14.6 Å². The summed E-state index contributed by atoms with van der Waals surface area (Å²) in [6.07, 6.45) is 2.89. The predicted octanol–water partition coefficient (Wildman–Crippen LogP) is 1.06. The number of benzene rings is 1. The second-order valence-electron chi connectivity index (χ2n) is 6.53. The van der Waals surface area contributed by atoms with Crippen molar-refractivity contribution in [2.24, 2.45) is 0 Å². The van der Waals surface area contributed by atoms with Gasteiger partial charge in [-0.3, -0.25) is 9.59 Å². The Morgan fingerprint density at radius 2 is 1.76 bits per heavy atom. The normalized spacial score (nSPS) is 14.5. The van der Waals surface area contributed by atoms with E-state index in [9.17, 15) is 22.8 Å². The Balaban J connectivity index is 1.74. The molecule has 1 fully saturated rings. The molecule has 29 heavy (non-hydrogen) atoms. The summed E-state index contributed by atoms with van der Waals surface area (Å²) >= 11 is 0. The highest BCUT2D eigenvalue weighted by molar-refractivity contribution is 7.89. The van der Waals surface area contributed by atoms with Crippen LogP contribution in [0.4, 0.5) is 5.69 Å². The smallest absolute Gasteiger partial charge is 0.337 e. The number of amides is 1. The largest absolute Gasteiger partial charge is 0.465 e. The van der Waals surface area contributed by atoms with Gasteiger partial charge in [-0.2, -0.15) is 4.31 Å². The fraction of sp³-hybridized carbons (Fsp3) is 0.316. The minimum atomic E-state index is -3.88. The highest BCUT2D eigenvalue weighted by Crippen LogP contribution is 2.18. The van der Waals surface area contributed by atoms with Crippen molar-refractivity contribution < 1.29 is 22.7 Å². The second kappa shape index (κ2) is 8.58. The molecule has 9 nitrogen and oxygen atoms in total. The van der Waals surface area contributed by atoms with Crippen molar-refractivity contribution in [3.63, 3.8) is 0 Å². The number of esters is 1. The summed E-state index contributed by atoms with van der Waals surface area (Å²) in [5.41, 5.74) is 0.0219. The zero-order valence-corrected chi connectivity index (χ0v) is 16.6. The Bertz CT molecular complexity index is 1070. The number of nitrogens with zero attached hydrogens (tertiary/aromatic N) is 2. The fourth-order valence-electron chi connectivity index (χ4n) is 3.07. The van der Waals surface area contributed by atoms with Crippen molar-refractivity contribution in [2.45, 2.75) is 24.3 Å². The van der Waals surface area contributed by atoms with Gasteiger partial charge in [0.25, 0.3) is 5.56 Å². The molecule has 0 spiro atoms. The minimum absolute atomic E-state index is 0.335. The van der Waals surface area contributed by atoms with Crippen LogP contribution in [0.2, 0.25) is 0 Å². The highest BCUT2D eigenvalue weighted by Gasteiger charge is 2.30. The Labute approximate surface area is 168 Å². The van der Waals surface area contributed by atoms with Crippen molar-refractivity contribution in [1.82, 2.24) is 8.87 Å². The van der Waals surface area contributed by atoms with Gasteiger partial charge >= 0.3 is 5.97 Å². The van der Waals surface area contributed by atoms with Crippen molar-refractivity contribution in [1.29, 1.82) is 0 Å². The van der Waals surface area contributed by atoms with Crippen LogP contribution in [0.15, 0.2) is 52.3 Å². The van der Waals surface area contributed by atoms with E-state index in [-0.39, 0.29) is 11.4 Å². The van der Waals surface area contributed by atoms with E-state index in [1.807, 2.05) is 0 Å². The summed E-state index contributed by atoms with van der Waals surface area (Å²) in [6, 6.07) is 8.74. The summed E-state index contributed by atoms with van der Waals surface area (Å²) in [7, 11) is -2.61. The molecule has 1 aromatic carbocycles. The summed E-state index contributed by atoms with van der Waals surface area (Å²) < 4.78 is 32.3. The molecule has 1 N–H and O–H groups in total. The van der Waals surface area contributed by atoms with Crippen LogP contribution in [-0.2, 0) is 26.1 Å². The van der Waals surface area contributed by atoms with Gasteiger partial charge in [0.15, 0.2) is 0 Å². The first-order chi connectivity index (χ1) is 13.8. The van der Waals surface area contributed by atoms with Gasteiger partial charge in [-0.05, 0) is 49.2 Å². The van der Waals surface area contributed by atoms with E-state index in [0.29, 0.717) is 24.3 Å². The number of nitrogens with one attached hydrogen (secondary N) is 1. The third kappa shape index (κ3) is 4.54. The number of carbonyl (C=O) groups is 2. The average molecular weight is 419 g/mol. The van der Waals surface area contributed by atoms with E-state index < -0.39 is 27.5 Å². The molecule has 0 aliphatic carbocycles. The maximum Gasteiger partial charge on any atom is 0.337 e. The van der Waals surface area contributed by atoms with Crippen LogP contribution in [0.25, 0.3) is 0 Å². The van der Waals surface area contributed by atoms with Gasteiger partial charge in [0.1, 0.15) is 11.4 Å². The van der Waals surface area contributed by atoms with E-state index in [1.165, 1.54) is 54.0 Å². The van der Waals surface area contributed by atoms with Crippen LogP contribution >= 0.6 is 0 Å². The number of rotatable bonds is 6. The molecule has 1 amide bonds. The molecule has 1 saturated heterocycles. The van der Waals surface area contributed by atoms with Gasteiger partial charge in [-0.1, -0.05) is 0 Å². The van der Waals surface area contributed by atoms with Crippen LogP contribution < -0.4 is 10.9 Å². The van der Waals surface area contributed by atoms with Crippen molar-refractivity contribution in [3.8, 4) is 0 Å². The minimum Gasteiger partial charge on any atom is -0.465 e. The maximum atomic E-state index is 12.7. The van der Waals surface area contributed by atoms with Crippen molar-refractivity contribution in [2.75, 3.05) is 25.5 Å². The number of sulfonamides is 1. The molecular formula is C19H21N3O6S. The third-order valence-electron chi connectivity index (χ3n) is 4.57. The quantitative estimate of drug-likeness (QED) is 0.700. The van der Waals surface area contributed by atoms with Crippen molar-refractivity contribution in [3.05, 3.63) is 58.5 Å². The van der Waals surface area contributed by atoms with Gasteiger partial charge in [-0.25, -0.2) is 13.2 Å². The van der Waals surface area contributed by atoms with Gasteiger partial charge in [0, 0.05) is 25.0 Å². The number of methoxy groups -OCH3 is 1. The lowest BCUT2D eigenvalue weighted by Gasteiger charge is -2.16. The van der Waals surface area contributed by atoms with E-state index in [0.717, 1.165) is 17.4 Å². The Kier molecular flexibility index (Phi) is 6.14. The second-order valence-corrected chi connectivity index (χ2v) is 8.44. The predicted molar refractivity (Wildman–Crippen MR) is 105 cm³/mol. The molecule has 1 aliphatic heterocycles. The van der Waals surface area contributed by atoms with Gasteiger partial charge in [0.2, 0.25) is 15.9 Å². The monoisotopic (exact) mass is 419 g/mol. The Morgan fingerprint density at radius 3 is 2.38 bits per heavy atom. The molecule has 2 heterocycles.